The van der Waals surface area contributed by atoms with Gasteiger partial charge in [-0.2, -0.15) is 0 Å². The van der Waals surface area contributed by atoms with Gasteiger partial charge in [0, 0.05) is 11.6 Å². The van der Waals surface area contributed by atoms with Crippen LogP contribution in [0.25, 0.3) is 0 Å². The van der Waals surface area contributed by atoms with Crippen LogP contribution in [0.5, 0.6) is 0 Å². The van der Waals surface area contributed by atoms with Crippen LogP contribution in [0.4, 0.5) is 0 Å². The van der Waals surface area contributed by atoms with Gasteiger partial charge in [0.2, 0.25) is 0 Å². The summed E-state index contributed by atoms with van der Waals surface area (Å²) in [6.07, 6.45) is 6.87. The van der Waals surface area contributed by atoms with Gasteiger partial charge in [-0.05, 0) is 66.7 Å². The van der Waals surface area contributed by atoms with Crippen molar-refractivity contribution >= 4 is 15.9 Å². The number of fused-ring (bicyclic) bond motifs is 1. The monoisotopic (exact) mass is 308 g/mol. The maximum absolute atomic E-state index is 5.52. The van der Waals surface area contributed by atoms with Gasteiger partial charge in [0.15, 0.2) is 0 Å². The van der Waals surface area contributed by atoms with Gasteiger partial charge in [-0.1, -0.05) is 28.9 Å². The molecule has 2 aliphatic rings. The van der Waals surface area contributed by atoms with Crippen LogP contribution in [0.15, 0.2) is 22.7 Å². The summed E-state index contributed by atoms with van der Waals surface area (Å²) in [6, 6.07) is 6.83. The summed E-state index contributed by atoms with van der Waals surface area (Å²) in [5, 5.41) is 0. The molecule has 18 heavy (non-hydrogen) atoms. The molecule has 1 saturated carbocycles. The molecule has 1 atom stereocenters. The fourth-order valence-corrected chi connectivity index (χ4v) is 4.38. The maximum atomic E-state index is 5.52. The van der Waals surface area contributed by atoms with E-state index in [0.717, 1.165) is 0 Å². The number of ether oxygens (including phenoxy) is 1. The molecular formula is C16H21BrO. The molecule has 1 aromatic rings. The average molecular weight is 309 g/mol. The third-order valence-electron chi connectivity index (χ3n) is 5.30. The Morgan fingerprint density at radius 1 is 1.28 bits per heavy atom. The van der Waals surface area contributed by atoms with Gasteiger partial charge in [0.05, 0.1) is 6.10 Å². The van der Waals surface area contributed by atoms with Crippen LogP contribution in [-0.4, -0.2) is 13.2 Å². The predicted molar refractivity (Wildman–Crippen MR) is 78.0 cm³/mol. The van der Waals surface area contributed by atoms with E-state index in [9.17, 15) is 0 Å². The van der Waals surface area contributed by atoms with Gasteiger partial charge in [0.25, 0.3) is 0 Å². The average Bonchev–Trinajstić information content (AvgIpc) is 2.65. The number of rotatable bonds is 1. The van der Waals surface area contributed by atoms with E-state index in [2.05, 4.69) is 41.1 Å². The zero-order chi connectivity index (χ0) is 12.8. The standard InChI is InChI=1S/C16H21BrO/c1-11-15-9-13(17)4-3-12(15)10-16(11)7-5-14(18-2)6-8-16/h3-4,9,11,14H,5-8,10H2,1-2H3. The third-order valence-corrected chi connectivity index (χ3v) is 5.79. The highest BCUT2D eigenvalue weighted by molar-refractivity contribution is 9.10. The van der Waals surface area contributed by atoms with Gasteiger partial charge in [-0.25, -0.2) is 0 Å². The summed E-state index contributed by atoms with van der Waals surface area (Å²) >= 11 is 3.61. The summed E-state index contributed by atoms with van der Waals surface area (Å²) < 4.78 is 6.74. The van der Waals surface area contributed by atoms with Crippen LogP contribution < -0.4 is 0 Å². The summed E-state index contributed by atoms with van der Waals surface area (Å²) in [5.74, 6) is 0.697. The second kappa shape index (κ2) is 4.64. The lowest BCUT2D eigenvalue weighted by molar-refractivity contribution is 0.0221. The van der Waals surface area contributed by atoms with Crippen molar-refractivity contribution in [2.24, 2.45) is 5.41 Å². The SMILES string of the molecule is COC1CCC2(CC1)Cc1ccc(Br)cc1C2C. The first-order valence-electron chi connectivity index (χ1n) is 6.96. The molecule has 0 saturated heterocycles. The lowest BCUT2D eigenvalue weighted by Gasteiger charge is -2.40. The zero-order valence-corrected chi connectivity index (χ0v) is 12.8. The van der Waals surface area contributed by atoms with Crippen LogP contribution in [0, 0.1) is 5.41 Å². The first kappa shape index (κ1) is 12.7. The largest absolute Gasteiger partial charge is 0.381 e. The molecule has 98 valence electrons. The summed E-state index contributed by atoms with van der Waals surface area (Å²) in [4.78, 5) is 0. The molecule has 2 aliphatic carbocycles. The van der Waals surface area contributed by atoms with Gasteiger partial charge >= 0.3 is 0 Å². The number of hydrogen-bond acceptors (Lipinski definition) is 1. The maximum Gasteiger partial charge on any atom is 0.0571 e. The van der Waals surface area contributed by atoms with Crippen LogP contribution in [-0.2, 0) is 11.2 Å². The van der Waals surface area contributed by atoms with Crippen molar-refractivity contribution in [2.75, 3.05) is 7.11 Å². The quantitative estimate of drug-likeness (QED) is 0.731. The predicted octanol–water partition coefficient (Wildman–Crippen LogP) is 4.68. The molecule has 0 N–H and O–H groups in total. The van der Waals surface area contributed by atoms with Gasteiger partial charge < -0.3 is 4.74 Å². The van der Waals surface area contributed by atoms with Crippen molar-refractivity contribution in [1.82, 2.24) is 0 Å². The first-order chi connectivity index (χ1) is 8.64. The van der Waals surface area contributed by atoms with Crippen molar-refractivity contribution in [2.45, 2.75) is 51.0 Å². The van der Waals surface area contributed by atoms with E-state index in [1.54, 1.807) is 11.1 Å². The fourth-order valence-electron chi connectivity index (χ4n) is 4.00. The number of hydrogen-bond donors (Lipinski definition) is 0. The van der Waals surface area contributed by atoms with Crippen molar-refractivity contribution in [3.63, 3.8) is 0 Å². The van der Waals surface area contributed by atoms with Crippen LogP contribution >= 0.6 is 15.9 Å². The summed E-state index contributed by atoms with van der Waals surface area (Å²) in [5.41, 5.74) is 3.65. The Kier molecular flexibility index (Phi) is 3.27. The molecule has 0 aliphatic heterocycles. The molecule has 3 rings (SSSR count). The minimum absolute atomic E-state index is 0.498. The molecule has 0 aromatic heterocycles. The Hall–Kier alpha value is -0.340. The minimum atomic E-state index is 0.498. The van der Waals surface area contributed by atoms with Gasteiger partial charge in [-0.3, -0.25) is 0 Å². The van der Waals surface area contributed by atoms with Crippen molar-refractivity contribution in [3.8, 4) is 0 Å². The Morgan fingerprint density at radius 3 is 2.67 bits per heavy atom. The van der Waals surface area contributed by atoms with E-state index in [-0.39, 0.29) is 0 Å². The van der Waals surface area contributed by atoms with E-state index in [1.165, 1.54) is 36.6 Å². The molecule has 1 fully saturated rings. The molecule has 1 spiro atoms. The summed E-state index contributed by atoms with van der Waals surface area (Å²) in [7, 11) is 1.85. The highest BCUT2D eigenvalue weighted by atomic mass is 79.9. The number of benzene rings is 1. The minimum Gasteiger partial charge on any atom is -0.381 e. The molecule has 0 bridgehead atoms. The third kappa shape index (κ3) is 1.94. The molecule has 1 unspecified atom stereocenters. The van der Waals surface area contributed by atoms with E-state index in [1.807, 2.05) is 7.11 Å². The van der Waals surface area contributed by atoms with Crippen LogP contribution in [0.2, 0.25) is 0 Å². The Bertz CT molecular complexity index is 446. The lowest BCUT2D eigenvalue weighted by Crippen LogP contribution is -2.33. The Morgan fingerprint density at radius 2 is 2.00 bits per heavy atom. The normalized spacial score (nSPS) is 34.8. The van der Waals surface area contributed by atoms with Crippen molar-refractivity contribution < 1.29 is 4.74 Å². The molecule has 1 nitrogen and oxygen atoms in total. The molecule has 1 aromatic carbocycles. The second-order valence-electron chi connectivity index (χ2n) is 6.04. The van der Waals surface area contributed by atoms with E-state index < -0.39 is 0 Å². The topological polar surface area (TPSA) is 9.23 Å². The van der Waals surface area contributed by atoms with Crippen LogP contribution in [0.1, 0.15) is 49.7 Å². The van der Waals surface area contributed by atoms with Crippen molar-refractivity contribution in [3.05, 3.63) is 33.8 Å². The lowest BCUT2D eigenvalue weighted by atomic mass is 9.66. The second-order valence-corrected chi connectivity index (χ2v) is 6.95. The van der Waals surface area contributed by atoms with E-state index in [0.29, 0.717) is 17.4 Å². The fraction of sp³-hybridized carbons (Fsp3) is 0.625. The highest BCUT2D eigenvalue weighted by Gasteiger charge is 2.45. The van der Waals surface area contributed by atoms with E-state index in [4.69, 9.17) is 4.74 Å². The smallest absolute Gasteiger partial charge is 0.0571 e. The molecule has 0 radical (unpaired) electrons. The Balaban J connectivity index is 1.86. The number of methoxy groups -OCH3 is 1. The van der Waals surface area contributed by atoms with Gasteiger partial charge in [-0.15, -0.1) is 0 Å². The highest BCUT2D eigenvalue weighted by Crippen LogP contribution is 2.55. The molecule has 0 heterocycles. The molecule has 0 amide bonds. The van der Waals surface area contributed by atoms with Crippen molar-refractivity contribution in [1.29, 1.82) is 0 Å². The van der Waals surface area contributed by atoms with E-state index >= 15 is 0 Å². The first-order valence-corrected chi connectivity index (χ1v) is 7.75. The number of halogens is 1. The summed E-state index contributed by atoms with van der Waals surface area (Å²) in [6.45, 7) is 2.42. The van der Waals surface area contributed by atoms with Gasteiger partial charge in [0.1, 0.15) is 0 Å². The molecule has 2 heteroatoms. The zero-order valence-electron chi connectivity index (χ0n) is 11.2. The molecular weight excluding hydrogens is 288 g/mol. The van der Waals surface area contributed by atoms with Crippen LogP contribution in [0.3, 0.4) is 0 Å². The Labute approximate surface area is 118 Å².